The van der Waals surface area contributed by atoms with E-state index < -0.39 is 0 Å². The van der Waals surface area contributed by atoms with Gasteiger partial charge in [0.2, 0.25) is 0 Å². The summed E-state index contributed by atoms with van der Waals surface area (Å²) in [6.07, 6.45) is 3.91. The highest BCUT2D eigenvalue weighted by atomic mass is 16.5. The third kappa shape index (κ3) is 4.53. The second-order valence-corrected chi connectivity index (χ2v) is 5.12. The average molecular weight is 276 g/mol. The van der Waals surface area contributed by atoms with Gasteiger partial charge >= 0.3 is 0 Å². The van der Waals surface area contributed by atoms with Crippen molar-refractivity contribution in [3.63, 3.8) is 0 Å². The molecule has 1 heterocycles. The number of nitrogens with one attached hydrogen (secondary N) is 1. The summed E-state index contributed by atoms with van der Waals surface area (Å²) < 4.78 is 5.36. The molecule has 0 radical (unpaired) electrons. The first-order chi connectivity index (χ1) is 9.79. The van der Waals surface area contributed by atoms with Crippen LogP contribution in [0.2, 0.25) is 0 Å². The lowest BCUT2D eigenvalue weighted by molar-refractivity contribution is 0.0946. The molecule has 1 saturated heterocycles. The molecule has 0 aromatic heterocycles. The first kappa shape index (κ1) is 14.9. The number of benzene rings is 1. The van der Waals surface area contributed by atoms with Crippen LogP contribution in [0.4, 0.5) is 0 Å². The van der Waals surface area contributed by atoms with E-state index in [0.717, 1.165) is 12.3 Å². The molecule has 1 amide bonds. The van der Waals surface area contributed by atoms with Gasteiger partial charge in [-0.15, -0.1) is 0 Å². The molecule has 0 bridgehead atoms. The fourth-order valence-corrected chi connectivity index (χ4v) is 2.48. The van der Waals surface area contributed by atoms with Gasteiger partial charge in [-0.25, -0.2) is 0 Å². The van der Waals surface area contributed by atoms with Gasteiger partial charge < -0.3 is 15.0 Å². The Balaban J connectivity index is 1.73. The number of hydrogen-bond donors (Lipinski definition) is 1. The molecular weight excluding hydrogens is 252 g/mol. The second-order valence-electron chi connectivity index (χ2n) is 5.12. The zero-order valence-electron chi connectivity index (χ0n) is 12.2. The minimum atomic E-state index is -0.00921. The number of piperidine rings is 1. The number of ether oxygens (including phenoxy) is 1. The molecule has 0 unspecified atom stereocenters. The van der Waals surface area contributed by atoms with Gasteiger partial charge in [0, 0.05) is 18.7 Å². The molecule has 110 valence electrons. The van der Waals surface area contributed by atoms with Gasteiger partial charge in [0.1, 0.15) is 5.75 Å². The number of likely N-dealkylation sites (tertiary alicyclic amines) is 1. The summed E-state index contributed by atoms with van der Waals surface area (Å²) in [6.45, 7) is 6.58. The summed E-state index contributed by atoms with van der Waals surface area (Å²) in [5, 5.41) is 2.98. The Morgan fingerprint density at radius 2 is 1.90 bits per heavy atom. The Labute approximate surface area is 121 Å². The van der Waals surface area contributed by atoms with Crippen LogP contribution >= 0.6 is 0 Å². The Bertz CT molecular complexity index is 411. The number of carbonyl (C=O) groups is 1. The molecule has 1 aliphatic heterocycles. The lowest BCUT2D eigenvalue weighted by atomic mass is 10.1. The molecule has 1 N–H and O–H groups in total. The minimum Gasteiger partial charge on any atom is -0.494 e. The smallest absolute Gasteiger partial charge is 0.251 e. The summed E-state index contributed by atoms with van der Waals surface area (Å²) in [5.41, 5.74) is 0.687. The van der Waals surface area contributed by atoms with Crippen molar-refractivity contribution in [3.05, 3.63) is 29.8 Å². The van der Waals surface area contributed by atoms with Gasteiger partial charge in [-0.2, -0.15) is 0 Å². The third-order valence-corrected chi connectivity index (χ3v) is 3.59. The fraction of sp³-hybridized carbons (Fsp3) is 0.562. The largest absolute Gasteiger partial charge is 0.494 e. The maximum absolute atomic E-state index is 12.0. The van der Waals surface area contributed by atoms with Crippen LogP contribution in [-0.2, 0) is 0 Å². The van der Waals surface area contributed by atoms with E-state index in [-0.39, 0.29) is 5.91 Å². The molecule has 0 saturated carbocycles. The minimum absolute atomic E-state index is 0.00921. The highest BCUT2D eigenvalue weighted by Crippen LogP contribution is 2.12. The summed E-state index contributed by atoms with van der Waals surface area (Å²) in [6, 6.07) is 7.29. The van der Waals surface area contributed by atoms with Gasteiger partial charge in [-0.05, 0) is 57.1 Å². The van der Waals surface area contributed by atoms with Crippen LogP contribution in [0.3, 0.4) is 0 Å². The number of carbonyl (C=O) groups excluding carboxylic acids is 1. The maximum Gasteiger partial charge on any atom is 0.251 e. The first-order valence-corrected chi connectivity index (χ1v) is 7.53. The van der Waals surface area contributed by atoms with Crippen molar-refractivity contribution in [1.82, 2.24) is 10.2 Å². The van der Waals surface area contributed by atoms with Crippen molar-refractivity contribution < 1.29 is 9.53 Å². The van der Waals surface area contributed by atoms with Crippen molar-refractivity contribution in [2.24, 2.45) is 0 Å². The van der Waals surface area contributed by atoms with E-state index in [0.29, 0.717) is 18.7 Å². The average Bonchev–Trinajstić information content (AvgIpc) is 2.49. The standard InChI is InChI=1S/C16H24N2O2/c1-2-20-15-8-6-14(7-9-15)16(19)17-10-13-18-11-4-3-5-12-18/h6-9H,2-5,10-13H2,1H3,(H,17,19). The first-order valence-electron chi connectivity index (χ1n) is 7.53. The molecule has 4 heteroatoms. The van der Waals surface area contributed by atoms with Crippen molar-refractivity contribution >= 4 is 5.91 Å². The molecule has 1 aromatic rings. The van der Waals surface area contributed by atoms with Crippen molar-refractivity contribution in [1.29, 1.82) is 0 Å². The van der Waals surface area contributed by atoms with E-state index in [2.05, 4.69) is 10.2 Å². The Hall–Kier alpha value is -1.55. The van der Waals surface area contributed by atoms with Crippen LogP contribution in [-0.4, -0.2) is 43.6 Å². The quantitative estimate of drug-likeness (QED) is 0.867. The lowest BCUT2D eigenvalue weighted by Gasteiger charge is -2.26. The topological polar surface area (TPSA) is 41.6 Å². The summed E-state index contributed by atoms with van der Waals surface area (Å²) in [7, 11) is 0. The summed E-state index contributed by atoms with van der Waals surface area (Å²) in [5.74, 6) is 0.794. The lowest BCUT2D eigenvalue weighted by Crippen LogP contribution is -2.37. The van der Waals surface area contributed by atoms with Crippen LogP contribution in [0.1, 0.15) is 36.5 Å². The zero-order chi connectivity index (χ0) is 14.2. The molecular formula is C16H24N2O2. The normalized spacial score (nSPS) is 15.8. The molecule has 1 aliphatic rings. The summed E-state index contributed by atoms with van der Waals surface area (Å²) in [4.78, 5) is 14.4. The molecule has 0 aliphatic carbocycles. The van der Waals surface area contributed by atoms with Gasteiger partial charge in [-0.3, -0.25) is 4.79 Å². The second kappa shape index (κ2) is 7.90. The number of hydrogen-bond acceptors (Lipinski definition) is 3. The Morgan fingerprint density at radius 1 is 1.20 bits per heavy atom. The highest BCUT2D eigenvalue weighted by Gasteiger charge is 2.10. The predicted octanol–water partition coefficient (Wildman–Crippen LogP) is 2.30. The molecule has 20 heavy (non-hydrogen) atoms. The number of amides is 1. The molecule has 1 aromatic carbocycles. The number of rotatable bonds is 6. The maximum atomic E-state index is 12.0. The SMILES string of the molecule is CCOc1ccc(C(=O)NCCN2CCCCC2)cc1. The Morgan fingerprint density at radius 3 is 2.55 bits per heavy atom. The van der Waals surface area contributed by atoms with Crippen molar-refractivity contribution in [3.8, 4) is 5.75 Å². The van der Waals surface area contributed by atoms with Crippen LogP contribution in [0, 0.1) is 0 Å². The van der Waals surface area contributed by atoms with E-state index in [4.69, 9.17) is 4.74 Å². The van der Waals surface area contributed by atoms with Crippen LogP contribution in [0.25, 0.3) is 0 Å². The Kier molecular flexibility index (Phi) is 5.87. The van der Waals surface area contributed by atoms with E-state index in [1.54, 1.807) is 12.1 Å². The third-order valence-electron chi connectivity index (χ3n) is 3.59. The van der Waals surface area contributed by atoms with Gasteiger partial charge in [0.25, 0.3) is 5.91 Å². The van der Waals surface area contributed by atoms with E-state index in [1.165, 1.54) is 32.4 Å². The fourth-order valence-electron chi connectivity index (χ4n) is 2.48. The molecule has 1 fully saturated rings. The highest BCUT2D eigenvalue weighted by molar-refractivity contribution is 5.94. The summed E-state index contributed by atoms with van der Waals surface area (Å²) >= 11 is 0. The monoisotopic (exact) mass is 276 g/mol. The van der Waals surface area contributed by atoms with E-state index >= 15 is 0 Å². The van der Waals surface area contributed by atoms with Gasteiger partial charge in [0.15, 0.2) is 0 Å². The van der Waals surface area contributed by atoms with Crippen LogP contribution < -0.4 is 10.1 Å². The molecule has 0 spiro atoms. The zero-order valence-corrected chi connectivity index (χ0v) is 12.2. The molecule has 4 nitrogen and oxygen atoms in total. The predicted molar refractivity (Wildman–Crippen MR) is 80.2 cm³/mol. The van der Waals surface area contributed by atoms with E-state index in [9.17, 15) is 4.79 Å². The van der Waals surface area contributed by atoms with E-state index in [1.807, 2.05) is 19.1 Å². The molecule has 2 rings (SSSR count). The van der Waals surface area contributed by atoms with Crippen LogP contribution in [0.5, 0.6) is 5.75 Å². The van der Waals surface area contributed by atoms with Crippen molar-refractivity contribution in [2.45, 2.75) is 26.2 Å². The van der Waals surface area contributed by atoms with Gasteiger partial charge in [0.05, 0.1) is 6.61 Å². The van der Waals surface area contributed by atoms with Crippen molar-refractivity contribution in [2.75, 3.05) is 32.8 Å². The molecule has 0 atom stereocenters. The van der Waals surface area contributed by atoms with Gasteiger partial charge in [-0.1, -0.05) is 6.42 Å². The van der Waals surface area contributed by atoms with Crippen LogP contribution in [0.15, 0.2) is 24.3 Å². The number of nitrogens with zero attached hydrogens (tertiary/aromatic N) is 1.